The Morgan fingerprint density at radius 1 is 1.02 bits per heavy atom. The number of nitrogens with zero attached hydrogens (tertiary/aromatic N) is 5. The van der Waals surface area contributed by atoms with Gasteiger partial charge in [0.25, 0.3) is 0 Å². The van der Waals surface area contributed by atoms with Crippen molar-refractivity contribution in [3.05, 3.63) is 59.8 Å². The predicted molar refractivity (Wildman–Crippen MR) is 171 cm³/mol. The van der Waals surface area contributed by atoms with Gasteiger partial charge in [-0.1, -0.05) is 12.1 Å². The largest absolute Gasteiger partial charge is 0.495 e. The van der Waals surface area contributed by atoms with Crippen molar-refractivity contribution in [2.45, 2.75) is 62.6 Å². The lowest BCUT2D eigenvalue weighted by molar-refractivity contribution is -0.133. The van der Waals surface area contributed by atoms with Gasteiger partial charge >= 0.3 is 0 Å². The summed E-state index contributed by atoms with van der Waals surface area (Å²) in [4.78, 5) is 24.0. The summed E-state index contributed by atoms with van der Waals surface area (Å²) >= 11 is 0. The number of aryl methyl sites for hydroxylation is 1. The average molecular weight is 621 g/mol. The van der Waals surface area contributed by atoms with E-state index in [2.05, 4.69) is 44.0 Å². The Bertz CT molecular complexity index is 1760. The molecule has 4 aromatic rings. The number of fused-ring (bicyclic) bond motifs is 1. The van der Waals surface area contributed by atoms with Gasteiger partial charge in [-0.15, -0.1) is 0 Å². The van der Waals surface area contributed by atoms with E-state index in [1.807, 2.05) is 17.9 Å². The minimum atomic E-state index is -3.56. The highest BCUT2D eigenvalue weighted by atomic mass is 32.2. The normalized spacial score (nSPS) is 15.0. The zero-order chi connectivity index (χ0) is 31.6. The zero-order valence-electron chi connectivity index (χ0n) is 26.0. The van der Waals surface area contributed by atoms with Crippen molar-refractivity contribution in [3.8, 4) is 5.75 Å². The lowest BCUT2D eigenvalue weighted by Crippen LogP contribution is -2.46. The molecular formula is C31H40N8O4S. The molecule has 0 bridgehead atoms. The van der Waals surface area contributed by atoms with Crippen molar-refractivity contribution in [2.24, 2.45) is 0 Å². The Balaban J connectivity index is 1.41. The second-order valence-electron chi connectivity index (χ2n) is 11.3. The maximum absolute atomic E-state index is 13.1. The molecular weight excluding hydrogens is 580 g/mol. The summed E-state index contributed by atoms with van der Waals surface area (Å²) in [5.74, 6) is 1.68. The Hall–Kier alpha value is -4.23. The smallest absolute Gasteiger partial charge is 0.239 e. The molecule has 0 spiro atoms. The SMILES string of the molecule is CN[C@@H](C)C(=O)N1CCC(c2cc(OC)c(Nc3nc(Nc4ccccc4S(=O)(=O)C(C)C)n4nccc4n3)cc2C)CC1. The minimum absolute atomic E-state index is 0.133. The molecule has 0 unspecified atom stereocenters. The van der Waals surface area contributed by atoms with Gasteiger partial charge in [0.15, 0.2) is 15.5 Å². The number of piperidine rings is 1. The third-order valence-corrected chi connectivity index (χ3v) is 10.4. The van der Waals surface area contributed by atoms with E-state index in [9.17, 15) is 13.2 Å². The predicted octanol–water partition coefficient (Wildman–Crippen LogP) is 4.42. The number of carbonyl (C=O) groups excluding carboxylic acids is 1. The van der Waals surface area contributed by atoms with Gasteiger partial charge in [-0.2, -0.15) is 19.6 Å². The lowest BCUT2D eigenvalue weighted by Gasteiger charge is -2.34. The number of benzene rings is 2. The number of carbonyl (C=O) groups is 1. The van der Waals surface area contributed by atoms with Crippen molar-refractivity contribution in [1.29, 1.82) is 0 Å². The Kier molecular flexibility index (Phi) is 9.07. The fourth-order valence-corrected chi connectivity index (χ4v) is 6.70. The van der Waals surface area contributed by atoms with Crippen molar-refractivity contribution < 1.29 is 17.9 Å². The van der Waals surface area contributed by atoms with Crippen molar-refractivity contribution in [2.75, 3.05) is 37.9 Å². The summed E-state index contributed by atoms with van der Waals surface area (Å²) in [5, 5.41) is 13.2. The van der Waals surface area contributed by atoms with Gasteiger partial charge in [-0.05, 0) is 88.9 Å². The molecule has 0 saturated carbocycles. The molecule has 2 aromatic carbocycles. The monoisotopic (exact) mass is 620 g/mol. The Labute approximate surface area is 258 Å². The van der Waals surface area contributed by atoms with E-state index in [0.717, 1.165) is 18.4 Å². The van der Waals surface area contributed by atoms with Gasteiger partial charge in [0.2, 0.25) is 17.8 Å². The van der Waals surface area contributed by atoms with Crippen LogP contribution < -0.4 is 20.7 Å². The number of nitrogens with one attached hydrogen (secondary N) is 3. The molecule has 0 aliphatic carbocycles. The standard InChI is InChI=1S/C31H40N8O4S/c1-19(2)44(41,42)27-10-8-7-9-24(27)35-31-37-30(36-28-11-14-33-39(28)31)34-25-17-20(3)23(18-26(25)43-6)22-12-15-38(16-13-22)29(40)21(4)32-5/h7-11,14,17-19,21-22,32H,12-13,15-16H2,1-6H3,(H2,34,35,36,37)/t21-/m0/s1. The van der Waals surface area contributed by atoms with Gasteiger partial charge in [0.1, 0.15) is 5.75 Å². The zero-order valence-corrected chi connectivity index (χ0v) is 26.8. The lowest BCUT2D eigenvalue weighted by atomic mass is 9.86. The van der Waals surface area contributed by atoms with Crippen LogP contribution in [0.1, 0.15) is 50.7 Å². The first-order valence-electron chi connectivity index (χ1n) is 14.8. The summed E-state index contributed by atoms with van der Waals surface area (Å²) in [7, 11) is -0.129. The van der Waals surface area contributed by atoms with E-state index in [0.29, 0.717) is 53.7 Å². The first-order valence-corrected chi connectivity index (χ1v) is 16.3. The topological polar surface area (TPSA) is 143 Å². The molecule has 0 radical (unpaired) electrons. The number of sulfone groups is 1. The van der Waals surface area contributed by atoms with Gasteiger partial charge < -0.3 is 25.6 Å². The third-order valence-electron chi connectivity index (χ3n) is 8.20. The highest BCUT2D eigenvalue weighted by molar-refractivity contribution is 7.92. The summed E-state index contributed by atoms with van der Waals surface area (Å²) in [6.45, 7) is 8.70. The number of likely N-dealkylation sites (tertiary alicyclic amines) is 1. The van der Waals surface area contributed by atoms with Crippen molar-refractivity contribution >= 4 is 44.7 Å². The van der Waals surface area contributed by atoms with E-state index in [1.54, 1.807) is 64.5 Å². The number of hydrogen-bond acceptors (Lipinski definition) is 10. The molecule has 1 fully saturated rings. The molecule has 44 heavy (non-hydrogen) atoms. The van der Waals surface area contributed by atoms with Crippen LogP contribution in [0.25, 0.3) is 5.65 Å². The van der Waals surface area contributed by atoms with Gasteiger partial charge in [-0.25, -0.2) is 8.42 Å². The third kappa shape index (κ3) is 6.20. The number of likely N-dealkylation sites (N-methyl/N-ethyl adjacent to an activating group) is 1. The van der Waals surface area contributed by atoms with Gasteiger partial charge in [-0.3, -0.25) is 4.79 Å². The Morgan fingerprint density at radius 2 is 1.75 bits per heavy atom. The van der Waals surface area contributed by atoms with Crippen LogP contribution >= 0.6 is 0 Å². The summed E-state index contributed by atoms with van der Waals surface area (Å²) in [5.41, 5.74) is 3.91. The number of methoxy groups -OCH3 is 1. The van der Waals surface area contributed by atoms with Crippen LogP contribution in [0.2, 0.25) is 0 Å². The minimum Gasteiger partial charge on any atom is -0.495 e. The number of anilines is 4. The molecule has 5 rings (SSSR count). The van der Waals surface area contributed by atoms with Crippen LogP contribution in [-0.2, 0) is 14.6 Å². The molecule has 3 heterocycles. The van der Waals surface area contributed by atoms with E-state index in [1.165, 1.54) is 10.1 Å². The van der Waals surface area contributed by atoms with E-state index >= 15 is 0 Å². The summed E-state index contributed by atoms with van der Waals surface area (Å²) < 4.78 is 33.4. The molecule has 1 amide bonds. The highest BCUT2D eigenvalue weighted by Gasteiger charge is 2.28. The molecule has 3 N–H and O–H groups in total. The molecule has 1 saturated heterocycles. The molecule has 2 aromatic heterocycles. The first kappa shape index (κ1) is 31.2. The molecule has 12 nitrogen and oxygen atoms in total. The maximum Gasteiger partial charge on any atom is 0.239 e. The van der Waals surface area contributed by atoms with E-state index in [4.69, 9.17) is 4.74 Å². The first-order chi connectivity index (χ1) is 21.0. The second-order valence-corrected chi connectivity index (χ2v) is 13.8. The summed E-state index contributed by atoms with van der Waals surface area (Å²) in [6, 6.07) is 12.4. The number of para-hydroxylation sites is 1. The second kappa shape index (κ2) is 12.8. The number of aromatic nitrogens is 4. The number of ether oxygens (including phenoxy) is 1. The molecule has 234 valence electrons. The maximum atomic E-state index is 13.1. The fourth-order valence-electron chi connectivity index (χ4n) is 5.49. The quantitative estimate of drug-likeness (QED) is 0.233. The van der Waals surface area contributed by atoms with Crippen LogP contribution in [0, 0.1) is 6.92 Å². The van der Waals surface area contributed by atoms with Crippen molar-refractivity contribution in [1.82, 2.24) is 29.8 Å². The van der Waals surface area contributed by atoms with Crippen LogP contribution in [0.5, 0.6) is 5.75 Å². The van der Waals surface area contributed by atoms with Gasteiger partial charge in [0.05, 0.1) is 40.9 Å². The molecule has 13 heteroatoms. The van der Waals surface area contributed by atoms with E-state index < -0.39 is 15.1 Å². The van der Waals surface area contributed by atoms with Crippen LogP contribution in [0.4, 0.5) is 23.3 Å². The highest BCUT2D eigenvalue weighted by Crippen LogP contribution is 2.37. The number of rotatable bonds is 10. The average Bonchev–Trinajstić information content (AvgIpc) is 3.50. The molecule has 1 aliphatic heterocycles. The number of amides is 1. The van der Waals surface area contributed by atoms with Crippen LogP contribution in [0.3, 0.4) is 0 Å². The Morgan fingerprint density at radius 3 is 2.43 bits per heavy atom. The molecule has 1 aliphatic rings. The van der Waals surface area contributed by atoms with Gasteiger partial charge in [0, 0.05) is 19.2 Å². The fraction of sp³-hybridized carbons (Fsp3) is 0.419. The van der Waals surface area contributed by atoms with E-state index in [-0.39, 0.29) is 16.8 Å². The van der Waals surface area contributed by atoms with Crippen LogP contribution in [-0.4, -0.2) is 77.3 Å². The summed E-state index contributed by atoms with van der Waals surface area (Å²) in [6.07, 6.45) is 3.36. The van der Waals surface area contributed by atoms with Crippen molar-refractivity contribution in [3.63, 3.8) is 0 Å². The number of hydrogen-bond donors (Lipinski definition) is 3. The molecule has 1 atom stereocenters. The van der Waals surface area contributed by atoms with Crippen LogP contribution in [0.15, 0.2) is 53.6 Å².